The fourth-order valence-corrected chi connectivity index (χ4v) is 5.44. The average molecular weight is 490 g/mol. The molecule has 2 amide bonds. The molecule has 0 saturated carbocycles. The first-order chi connectivity index (χ1) is 17.1. The van der Waals surface area contributed by atoms with Gasteiger partial charge in [-0.05, 0) is 37.0 Å². The Kier molecular flexibility index (Phi) is 6.87. The lowest BCUT2D eigenvalue weighted by Gasteiger charge is -2.24. The van der Waals surface area contributed by atoms with E-state index < -0.39 is 0 Å². The summed E-state index contributed by atoms with van der Waals surface area (Å²) in [7, 11) is 1.47. The molecule has 4 aromatic rings. The quantitative estimate of drug-likeness (QED) is 0.399. The number of hydrogen-bond acceptors (Lipinski definition) is 6. The number of likely N-dealkylation sites (tertiary alicyclic amines) is 1. The lowest BCUT2D eigenvalue weighted by atomic mass is 10.1. The maximum absolute atomic E-state index is 14.0. The predicted octanol–water partition coefficient (Wildman–Crippen LogP) is 4.30. The summed E-state index contributed by atoms with van der Waals surface area (Å²) in [6.45, 7) is 1.29. The van der Waals surface area contributed by atoms with Crippen LogP contribution in [0.3, 0.4) is 0 Å². The van der Waals surface area contributed by atoms with E-state index in [4.69, 9.17) is 4.74 Å². The molecule has 9 heteroatoms. The lowest BCUT2D eigenvalue weighted by molar-refractivity contribution is -0.119. The number of carbonyl (C=O) groups is 2. The number of anilines is 1. The minimum absolute atomic E-state index is 0.0371. The molecule has 1 unspecified atom stereocenters. The Morgan fingerprint density at radius 1 is 1.20 bits per heavy atom. The largest absolute Gasteiger partial charge is 0.375 e. The molecule has 0 spiro atoms. The molecule has 1 saturated heterocycles. The van der Waals surface area contributed by atoms with Crippen LogP contribution >= 0.6 is 11.3 Å². The Balaban J connectivity index is 1.52. The number of thiazole rings is 1. The van der Waals surface area contributed by atoms with Crippen molar-refractivity contribution in [2.75, 3.05) is 25.6 Å². The molecular formula is C26H27N5O3S. The van der Waals surface area contributed by atoms with Gasteiger partial charge in [0.2, 0.25) is 5.91 Å². The molecule has 8 nitrogen and oxygen atoms in total. The number of benzene rings is 2. The molecule has 1 N–H and O–H groups in total. The number of nitrogens with zero attached hydrogens (tertiary/aromatic N) is 4. The third-order valence-electron chi connectivity index (χ3n) is 6.24. The van der Waals surface area contributed by atoms with Crippen molar-refractivity contribution >= 4 is 39.9 Å². The van der Waals surface area contributed by atoms with Gasteiger partial charge < -0.3 is 19.5 Å². The molecule has 1 atom stereocenters. The fourth-order valence-electron chi connectivity index (χ4n) is 4.66. The first-order valence-electron chi connectivity index (χ1n) is 11.7. The average Bonchev–Trinajstić information content (AvgIpc) is 3.63. The molecular weight excluding hydrogens is 462 g/mol. The number of methoxy groups -OCH3 is 1. The van der Waals surface area contributed by atoms with Crippen LogP contribution in [0, 0.1) is 0 Å². The van der Waals surface area contributed by atoms with E-state index in [1.54, 1.807) is 36.0 Å². The number of amides is 2. The normalized spacial score (nSPS) is 15.6. The van der Waals surface area contributed by atoms with Gasteiger partial charge in [-0.1, -0.05) is 30.3 Å². The summed E-state index contributed by atoms with van der Waals surface area (Å²) in [6.07, 6.45) is 6.19. The number of rotatable bonds is 8. The van der Waals surface area contributed by atoms with Crippen molar-refractivity contribution in [3.63, 3.8) is 0 Å². The van der Waals surface area contributed by atoms with Gasteiger partial charge in [0, 0.05) is 37.5 Å². The molecule has 2 aromatic carbocycles. The van der Waals surface area contributed by atoms with Crippen molar-refractivity contribution in [1.82, 2.24) is 19.4 Å². The summed E-state index contributed by atoms with van der Waals surface area (Å²) in [5, 5.41) is 5.73. The summed E-state index contributed by atoms with van der Waals surface area (Å²) in [5.74, 6) is -0.354. The van der Waals surface area contributed by atoms with E-state index >= 15 is 0 Å². The van der Waals surface area contributed by atoms with Crippen LogP contribution in [-0.4, -0.2) is 51.5 Å². The Morgan fingerprint density at radius 3 is 2.83 bits per heavy atom. The summed E-state index contributed by atoms with van der Waals surface area (Å²) in [6, 6.07) is 13.8. The molecule has 0 radical (unpaired) electrons. The second-order valence-electron chi connectivity index (χ2n) is 8.57. The second kappa shape index (κ2) is 10.4. The highest BCUT2D eigenvalue weighted by atomic mass is 32.1. The standard InChI is InChI=1S/C26H27N5O3S/c1-34-16-23(32)29-19-14-20(26(33)31-11-5-8-22(31)25-27-10-13-35-25)24-21(15-19)28-17-30(24)12-9-18-6-3-2-4-7-18/h2-4,6-7,10,13-15,17,22H,5,8-9,11-12,16H2,1H3,(H,29,32). The summed E-state index contributed by atoms with van der Waals surface area (Å²) in [4.78, 5) is 37.1. The van der Waals surface area contributed by atoms with Crippen molar-refractivity contribution in [3.8, 4) is 0 Å². The maximum Gasteiger partial charge on any atom is 0.256 e. The molecule has 5 rings (SSSR count). The zero-order chi connectivity index (χ0) is 24.2. The number of imidazole rings is 1. The number of aryl methyl sites for hydroxylation is 2. The van der Waals surface area contributed by atoms with Gasteiger partial charge >= 0.3 is 0 Å². The van der Waals surface area contributed by atoms with Crippen LogP contribution in [0.15, 0.2) is 60.4 Å². The molecule has 3 heterocycles. The molecule has 1 aliphatic heterocycles. The number of ether oxygens (including phenoxy) is 1. The molecule has 1 aliphatic rings. The van der Waals surface area contributed by atoms with E-state index in [-0.39, 0.29) is 24.5 Å². The highest BCUT2D eigenvalue weighted by molar-refractivity contribution is 7.09. The van der Waals surface area contributed by atoms with Crippen molar-refractivity contribution in [2.24, 2.45) is 0 Å². The SMILES string of the molecule is COCC(=O)Nc1cc(C(=O)N2CCCC2c2nccs2)c2c(c1)ncn2CCc1ccccc1. The monoisotopic (exact) mass is 489 g/mol. The van der Waals surface area contributed by atoms with Gasteiger partial charge in [-0.3, -0.25) is 9.59 Å². The summed E-state index contributed by atoms with van der Waals surface area (Å²) >= 11 is 1.57. The van der Waals surface area contributed by atoms with E-state index in [9.17, 15) is 9.59 Å². The van der Waals surface area contributed by atoms with Gasteiger partial charge in [0.1, 0.15) is 11.6 Å². The summed E-state index contributed by atoms with van der Waals surface area (Å²) in [5.41, 5.74) is 3.72. The van der Waals surface area contributed by atoms with Crippen molar-refractivity contribution in [1.29, 1.82) is 0 Å². The van der Waals surface area contributed by atoms with Crippen molar-refractivity contribution in [3.05, 3.63) is 76.5 Å². The number of aromatic nitrogens is 3. The van der Waals surface area contributed by atoms with Crippen LogP contribution in [0.1, 0.15) is 39.8 Å². The van der Waals surface area contributed by atoms with E-state index in [0.29, 0.717) is 29.9 Å². The van der Waals surface area contributed by atoms with Crippen molar-refractivity contribution in [2.45, 2.75) is 31.8 Å². The van der Waals surface area contributed by atoms with Crippen LogP contribution in [0.25, 0.3) is 11.0 Å². The maximum atomic E-state index is 14.0. The van der Waals surface area contributed by atoms with Crippen LogP contribution in [0.4, 0.5) is 5.69 Å². The zero-order valence-corrected chi connectivity index (χ0v) is 20.3. The molecule has 180 valence electrons. The molecule has 1 fully saturated rings. The first-order valence-corrected chi connectivity index (χ1v) is 12.5. The van der Waals surface area contributed by atoms with Gasteiger partial charge in [0.05, 0.1) is 29.0 Å². The van der Waals surface area contributed by atoms with Crippen molar-refractivity contribution < 1.29 is 14.3 Å². The number of carbonyl (C=O) groups excluding carboxylic acids is 2. The second-order valence-corrected chi connectivity index (χ2v) is 9.50. The van der Waals surface area contributed by atoms with E-state index in [0.717, 1.165) is 29.8 Å². The molecule has 35 heavy (non-hydrogen) atoms. The Labute approximate surface area is 207 Å². The molecule has 0 bridgehead atoms. The Bertz CT molecular complexity index is 1320. The number of nitrogens with one attached hydrogen (secondary N) is 1. The van der Waals surface area contributed by atoms with E-state index in [2.05, 4.69) is 27.4 Å². The molecule has 0 aliphatic carbocycles. The topological polar surface area (TPSA) is 89.3 Å². The minimum atomic E-state index is -0.282. The highest BCUT2D eigenvalue weighted by Gasteiger charge is 2.33. The van der Waals surface area contributed by atoms with Gasteiger partial charge in [-0.2, -0.15) is 0 Å². The lowest BCUT2D eigenvalue weighted by Crippen LogP contribution is -2.31. The summed E-state index contributed by atoms with van der Waals surface area (Å²) < 4.78 is 6.98. The third-order valence-corrected chi connectivity index (χ3v) is 7.11. The van der Waals surface area contributed by atoms with Crippen LogP contribution in [0.2, 0.25) is 0 Å². The smallest absolute Gasteiger partial charge is 0.256 e. The fraction of sp³-hybridized carbons (Fsp3) is 0.308. The number of fused-ring (bicyclic) bond motifs is 1. The van der Waals surface area contributed by atoms with Crippen LogP contribution in [0.5, 0.6) is 0 Å². The van der Waals surface area contributed by atoms with Crippen LogP contribution in [-0.2, 0) is 22.5 Å². The third kappa shape index (κ3) is 4.96. The van der Waals surface area contributed by atoms with Gasteiger partial charge in [-0.25, -0.2) is 9.97 Å². The minimum Gasteiger partial charge on any atom is -0.375 e. The molecule has 2 aromatic heterocycles. The predicted molar refractivity (Wildman–Crippen MR) is 136 cm³/mol. The van der Waals surface area contributed by atoms with Crippen LogP contribution < -0.4 is 5.32 Å². The number of hydrogen-bond donors (Lipinski definition) is 1. The van der Waals surface area contributed by atoms with Gasteiger partial charge in [0.15, 0.2) is 0 Å². The van der Waals surface area contributed by atoms with Gasteiger partial charge in [0.25, 0.3) is 5.91 Å². The Morgan fingerprint density at radius 2 is 2.06 bits per heavy atom. The van der Waals surface area contributed by atoms with Gasteiger partial charge in [-0.15, -0.1) is 11.3 Å². The first kappa shape index (κ1) is 23.2. The van der Waals surface area contributed by atoms with E-state index in [1.807, 2.05) is 33.0 Å². The highest BCUT2D eigenvalue weighted by Crippen LogP contribution is 2.36. The Hall–Kier alpha value is -3.56. The zero-order valence-electron chi connectivity index (χ0n) is 19.5. The van der Waals surface area contributed by atoms with E-state index in [1.165, 1.54) is 12.7 Å².